The molecule has 14 heteroatoms. The molecule has 0 radical (unpaired) electrons. The number of aromatic nitrogens is 7. The third-order valence-corrected chi connectivity index (χ3v) is 5.24. The summed E-state index contributed by atoms with van der Waals surface area (Å²) in [6, 6.07) is 3.72. The van der Waals surface area contributed by atoms with E-state index in [0.717, 1.165) is 21.4 Å². The summed E-state index contributed by atoms with van der Waals surface area (Å²) in [5.41, 5.74) is -1.91. The highest BCUT2D eigenvalue weighted by atomic mass is 35.5. The minimum absolute atomic E-state index is 0.00933. The number of hydrogen-bond acceptors (Lipinski definition) is 7. The molecule has 3 aromatic heterocycles. The SMILES string of the molecule is CC(Nc1nc(=O)n(C)c2c(Cl)cc(C(F)(F)F)cc12)c1ncnn1-c1ccc(=O)n(C)n1. The quantitative estimate of drug-likeness (QED) is 0.477. The summed E-state index contributed by atoms with van der Waals surface area (Å²) in [5.74, 6) is 0.508. The average Bonchev–Trinajstić information content (AvgIpc) is 3.22. The summed E-state index contributed by atoms with van der Waals surface area (Å²) in [7, 11) is 2.84. The Morgan fingerprint density at radius 2 is 1.88 bits per heavy atom. The normalized spacial score (nSPS) is 12.8. The van der Waals surface area contributed by atoms with Crippen molar-refractivity contribution in [2.24, 2.45) is 14.1 Å². The minimum Gasteiger partial charge on any atom is -0.360 e. The Hall–Kier alpha value is -3.74. The molecule has 0 aliphatic rings. The maximum Gasteiger partial charge on any atom is 0.416 e. The van der Waals surface area contributed by atoms with E-state index in [1.54, 1.807) is 6.92 Å². The zero-order valence-electron chi connectivity index (χ0n) is 17.4. The lowest BCUT2D eigenvalue weighted by atomic mass is 10.1. The Morgan fingerprint density at radius 3 is 2.55 bits per heavy atom. The van der Waals surface area contributed by atoms with E-state index in [2.05, 4.69) is 25.5 Å². The zero-order chi connectivity index (χ0) is 24.1. The van der Waals surface area contributed by atoms with Gasteiger partial charge in [-0.2, -0.15) is 27.9 Å². The van der Waals surface area contributed by atoms with Gasteiger partial charge in [0.1, 0.15) is 12.1 Å². The smallest absolute Gasteiger partial charge is 0.360 e. The van der Waals surface area contributed by atoms with Crippen LogP contribution in [0.25, 0.3) is 16.7 Å². The van der Waals surface area contributed by atoms with Crippen LogP contribution in [-0.4, -0.2) is 34.1 Å². The number of rotatable bonds is 4. The Labute approximate surface area is 188 Å². The molecule has 0 bridgehead atoms. The Kier molecular flexibility index (Phi) is 5.44. The second kappa shape index (κ2) is 7.99. The summed E-state index contributed by atoms with van der Waals surface area (Å²) in [6.45, 7) is 1.66. The van der Waals surface area contributed by atoms with Crippen LogP contribution in [0.2, 0.25) is 5.02 Å². The van der Waals surface area contributed by atoms with Gasteiger partial charge in [0.15, 0.2) is 11.6 Å². The van der Waals surface area contributed by atoms with Crippen LogP contribution in [0.5, 0.6) is 0 Å². The van der Waals surface area contributed by atoms with Crippen LogP contribution >= 0.6 is 11.6 Å². The van der Waals surface area contributed by atoms with Crippen LogP contribution in [-0.2, 0) is 20.3 Å². The van der Waals surface area contributed by atoms with Crippen molar-refractivity contribution in [3.8, 4) is 5.82 Å². The van der Waals surface area contributed by atoms with E-state index in [1.807, 2.05) is 0 Å². The van der Waals surface area contributed by atoms with Gasteiger partial charge in [-0.3, -0.25) is 9.36 Å². The Bertz CT molecular complexity index is 1490. The van der Waals surface area contributed by atoms with Crippen molar-refractivity contribution in [2.45, 2.75) is 19.1 Å². The number of anilines is 1. The third kappa shape index (κ3) is 4.06. The summed E-state index contributed by atoms with van der Waals surface area (Å²) in [6.07, 6.45) is -3.39. The third-order valence-electron chi connectivity index (χ3n) is 4.95. The van der Waals surface area contributed by atoms with Crippen molar-refractivity contribution in [3.63, 3.8) is 0 Å². The molecule has 4 rings (SSSR count). The van der Waals surface area contributed by atoms with Gasteiger partial charge in [0, 0.05) is 25.5 Å². The van der Waals surface area contributed by atoms with Gasteiger partial charge < -0.3 is 5.32 Å². The predicted molar refractivity (Wildman–Crippen MR) is 113 cm³/mol. The van der Waals surface area contributed by atoms with E-state index in [4.69, 9.17) is 11.6 Å². The van der Waals surface area contributed by atoms with Gasteiger partial charge >= 0.3 is 11.9 Å². The molecule has 4 aromatic rings. The van der Waals surface area contributed by atoms with Crippen LogP contribution < -0.4 is 16.6 Å². The maximum absolute atomic E-state index is 13.4. The molecule has 10 nitrogen and oxygen atoms in total. The number of fused-ring (bicyclic) bond motifs is 1. The molecular weight excluding hydrogens is 465 g/mol. The second-order valence-corrected chi connectivity index (χ2v) is 7.61. The van der Waals surface area contributed by atoms with Crippen molar-refractivity contribution in [1.29, 1.82) is 0 Å². The predicted octanol–water partition coefficient (Wildman–Crippen LogP) is 2.45. The Morgan fingerprint density at radius 1 is 1.15 bits per heavy atom. The van der Waals surface area contributed by atoms with Crippen molar-refractivity contribution >= 4 is 28.3 Å². The van der Waals surface area contributed by atoms with Gasteiger partial charge in [0.25, 0.3) is 5.56 Å². The summed E-state index contributed by atoms with van der Waals surface area (Å²) < 4.78 is 43.7. The van der Waals surface area contributed by atoms with E-state index < -0.39 is 23.5 Å². The summed E-state index contributed by atoms with van der Waals surface area (Å²) in [5, 5.41) is 10.9. The second-order valence-electron chi connectivity index (χ2n) is 7.20. The van der Waals surface area contributed by atoms with E-state index in [1.165, 1.54) is 37.2 Å². The van der Waals surface area contributed by atoms with Crippen molar-refractivity contribution < 1.29 is 13.2 Å². The maximum atomic E-state index is 13.4. The van der Waals surface area contributed by atoms with Gasteiger partial charge in [-0.15, -0.1) is 5.10 Å². The number of aryl methyl sites for hydroxylation is 2. The van der Waals surface area contributed by atoms with Crippen LogP contribution in [0.4, 0.5) is 19.0 Å². The fourth-order valence-corrected chi connectivity index (χ4v) is 3.66. The standard InChI is InChI=1S/C19H16ClF3N8O2/c1-9(17-24-8-25-31(17)13-4-5-14(32)30(3)28-13)26-16-11-6-10(19(21,22)23)7-12(20)15(11)29(2)18(33)27-16/h4-9H,1-3H3,(H,26,27,33). The number of halogens is 4. The number of nitrogens with one attached hydrogen (secondary N) is 1. The summed E-state index contributed by atoms with van der Waals surface area (Å²) in [4.78, 5) is 32.1. The van der Waals surface area contributed by atoms with Gasteiger partial charge in [-0.25, -0.2) is 14.5 Å². The molecule has 1 N–H and O–H groups in total. The molecule has 3 heterocycles. The molecule has 0 saturated heterocycles. The molecule has 1 atom stereocenters. The molecule has 0 spiro atoms. The molecule has 1 unspecified atom stereocenters. The molecule has 0 fully saturated rings. The fraction of sp³-hybridized carbons (Fsp3) is 0.263. The van der Waals surface area contributed by atoms with E-state index in [0.29, 0.717) is 11.6 Å². The van der Waals surface area contributed by atoms with Crippen molar-refractivity contribution in [2.75, 3.05) is 5.32 Å². The number of alkyl halides is 3. The molecule has 0 amide bonds. The Balaban J connectivity index is 1.82. The van der Waals surface area contributed by atoms with Crippen LogP contribution in [0.1, 0.15) is 24.4 Å². The van der Waals surface area contributed by atoms with E-state index >= 15 is 0 Å². The topological polar surface area (TPSA) is 113 Å². The van der Waals surface area contributed by atoms with Gasteiger partial charge in [0.05, 0.1) is 22.1 Å². The first kappa shape index (κ1) is 22.5. The molecule has 0 saturated carbocycles. The first-order chi connectivity index (χ1) is 15.5. The van der Waals surface area contributed by atoms with Gasteiger partial charge in [0.2, 0.25) is 0 Å². The van der Waals surface area contributed by atoms with Crippen molar-refractivity contribution in [3.05, 3.63) is 67.8 Å². The zero-order valence-corrected chi connectivity index (χ0v) is 18.2. The molecule has 1 aromatic carbocycles. The lowest BCUT2D eigenvalue weighted by molar-refractivity contribution is -0.137. The molecular formula is C19H16ClF3N8O2. The van der Waals surface area contributed by atoms with Gasteiger partial charge in [-0.05, 0) is 25.1 Å². The summed E-state index contributed by atoms with van der Waals surface area (Å²) >= 11 is 6.11. The molecule has 172 valence electrons. The largest absolute Gasteiger partial charge is 0.416 e. The monoisotopic (exact) mass is 480 g/mol. The molecule has 0 aliphatic heterocycles. The number of hydrogen-bond donors (Lipinski definition) is 1. The van der Waals surface area contributed by atoms with Crippen molar-refractivity contribution in [1.82, 2.24) is 34.1 Å². The lowest BCUT2D eigenvalue weighted by Gasteiger charge is -2.18. The minimum atomic E-state index is -4.65. The lowest BCUT2D eigenvalue weighted by Crippen LogP contribution is -2.25. The average molecular weight is 481 g/mol. The van der Waals surface area contributed by atoms with Crippen LogP contribution in [0.3, 0.4) is 0 Å². The van der Waals surface area contributed by atoms with E-state index in [-0.39, 0.29) is 27.3 Å². The van der Waals surface area contributed by atoms with Gasteiger partial charge in [-0.1, -0.05) is 11.6 Å². The molecule has 0 aliphatic carbocycles. The van der Waals surface area contributed by atoms with Crippen LogP contribution in [0.15, 0.2) is 40.2 Å². The van der Waals surface area contributed by atoms with E-state index in [9.17, 15) is 22.8 Å². The first-order valence-corrected chi connectivity index (χ1v) is 9.84. The fourth-order valence-electron chi connectivity index (χ4n) is 3.32. The number of benzene rings is 1. The highest BCUT2D eigenvalue weighted by Crippen LogP contribution is 2.36. The first-order valence-electron chi connectivity index (χ1n) is 9.46. The molecule has 33 heavy (non-hydrogen) atoms. The highest BCUT2D eigenvalue weighted by molar-refractivity contribution is 6.35. The number of nitrogens with zero attached hydrogens (tertiary/aromatic N) is 7. The highest BCUT2D eigenvalue weighted by Gasteiger charge is 2.32. The van der Waals surface area contributed by atoms with Crippen LogP contribution in [0, 0.1) is 0 Å².